The first-order valence-corrected chi connectivity index (χ1v) is 9.67. The van der Waals surface area contributed by atoms with Crippen LogP contribution in [0.3, 0.4) is 0 Å². The van der Waals surface area contributed by atoms with E-state index in [0.29, 0.717) is 11.4 Å². The van der Waals surface area contributed by atoms with E-state index in [1.165, 1.54) is 34.0 Å². The van der Waals surface area contributed by atoms with E-state index in [9.17, 15) is 18.0 Å². The van der Waals surface area contributed by atoms with Crippen LogP contribution < -0.4 is 5.32 Å². The smallest absolute Gasteiger partial charge is 0.320 e. The zero-order valence-electron chi connectivity index (χ0n) is 17.5. The van der Waals surface area contributed by atoms with Crippen molar-refractivity contribution in [1.82, 2.24) is 24.8 Å². The number of hydrogen-bond donors (Lipinski definition) is 1. The van der Waals surface area contributed by atoms with E-state index >= 15 is 0 Å². The molecule has 0 fully saturated rings. The highest BCUT2D eigenvalue weighted by atomic mass is 19.4. The fourth-order valence-corrected chi connectivity index (χ4v) is 3.35. The Bertz CT molecular complexity index is 1290. The predicted octanol–water partition coefficient (Wildman–Crippen LogP) is 4.65. The van der Waals surface area contributed by atoms with Gasteiger partial charge in [0.1, 0.15) is 0 Å². The number of anilines is 1. The van der Waals surface area contributed by atoms with E-state index in [1.807, 2.05) is 32.0 Å². The summed E-state index contributed by atoms with van der Waals surface area (Å²) in [5.74, 6) is -0.782. The number of aromatic nitrogens is 5. The maximum atomic E-state index is 13.7. The van der Waals surface area contributed by atoms with Crippen LogP contribution in [0.25, 0.3) is 11.4 Å². The van der Waals surface area contributed by atoms with Gasteiger partial charge in [0.15, 0.2) is 5.69 Å². The molecule has 32 heavy (non-hydrogen) atoms. The van der Waals surface area contributed by atoms with Crippen LogP contribution in [0.1, 0.15) is 32.9 Å². The second-order valence-electron chi connectivity index (χ2n) is 7.35. The number of amides is 1. The summed E-state index contributed by atoms with van der Waals surface area (Å²) in [5, 5.41) is 14.8. The summed E-state index contributed by atoms with van der Waals surface area (Å²) in [6.07, 6.45) is -1.69. The largest absolute Gasteiger partial charge is 0.418 e. The first kappa shape index (κ1) is 21.3. The monoisotopic (exact) mass is 440 g/mol. The van der Waals surface area contributed by atoms with E-state index in [4.69, 9.17) is 0 Å². The standard InChI is InChI=1S/C22H19F3N6O/c1-13-5-8-19(14(2)11-13)31-28-15(3)20(29-31)21(32)27-18-7-6-16(30-10-4-9-26-30)12-17(18)22(23,24)25/h4-12H,1-3H3,(H,27,32). The molecule has 2 aromatic heterocycles. The molecule has 1 amide bonds. The van der Waals surface area contributed by atoms with Crippen molar-refractivity contribution < 1.29 is 18.0 Å². The molecule has 10 heteroatoms. The third-order valence-electron chi connectivity index (χ3n) is 4.89. The van der Waals surface area contributed by atoms with Gasteiger partial charge in [0.2, 0.25) is 0 Å². The fraction of sp³-hybridized carbons (Fsp3) is 0.182. The van der Waals surface area contributed by atoms with Crippen molar-refractivity contribution in [2.24, 2.45) is 0 Å². The molecule has 0 unspecified atom stereocenters. The van der Waals surface area contributed by atoms with Gasteiger partial charge in [-0.1, -0.05) is 17.7 Å². The summed E-state index contributed by atoms with van der Waals surface area (Å²) in [6, 6.07) is 10.8. The van der Waals surface area contributed by atoms with E-state index in [1.54, 1.807) is 13.0 Å². The molecule has 0 aliphatic heterocycles. The molecular weight excluding hydrogens is 421 g/mol. The maximum Gasteiger partial charge on any atom is 0.418 e. The lowest BCUT2D eigenvalue weighted by Gasteiger charge is -2.15. The Balaban J connectivity index is 1.66. The Morgan fingerprint density at radius 1 is 1.03 bits per heavy atom. The third-order valence-corrected chi connectivity index (χ3v) is 4.89. The summed E-state index contributed by atoms with van der Waals surface area (Å²) in [6.45, 7) is 5.41. The number of carbonyl (C=O) groups is 1. The SMILES string of the molecule is Cc1ccc(-n2nc(C)c(C(=O)Nc3ccc(-n4cccn4)cc3C(F)(F)F)n2)c(C)c1. The van der Waals surface area contributed by atoms with E-state index in [2.05, 4.69) is 20.6 Å². The molecule has 4 aromatic rings. The highest BCUT2D eigenvalue weighted by Crippen LogP contribution is 2.36. The molecule has 1 N–H and O–H groups in total. The van der Waals surface area contributed by atoms with Crippen LogP contribution in [0.15, 0.2) is 54.9 Å². The molecule has 0 aliphatic rings. The Morgan fingerprint density at radius 2 is 1.81 bits per heavy atom. The van der Waals surface area contributed by atoms with Gasteiger partial charge >= 0.3 is 6.18 Å². The molecule has 7 nitrogen and oxygen atoms in total. The normalized spacial score (nSPS) is 11.6. The molecule has 0 bridgehead atoms. The Hall–Kier alpha value is -3.95. The highest BCUT2D eigenvalue weighted by molar-refractivity contribution is 6.04. The van der Waals surface area contributed by atoms with Crippen LogP contribution in [0.2, 0.25) is 0 Å². The molecular formula is C22H19F3N6O. The second-order valence-corrected chi connectivity index (χ2v) is 7.35. The van der Waals surface area contributed by atoms with Crippen LogP contribution in [0.4, 0.5) is 18.9 Å². The fourth-order valence-electron chi connectivity index (χ4n) is 3.35. The van der Waals surface area contributed by atoms with Crippen LogP contribution in [0, 0.1) is 20.8 Å². The van der Waals surface area contributed by atoms with Gasteiger partial charge in [-0.2, -0.15) is 28.2 Å². The van der Waals surface area contributed by atoms with Gasteiger partial charge in [-0.15, -0.1) is 5.10 Å². The molecule has 0 saturated carbocycles. The van der Waals surface area contributed by atoms with Gasteiger partial charge in [0.25, 0.3) is 5.91 Å². The Kier molecular flexibility index (Phi) is 5.29. The lowest BCUT2D eigenvalue weighted by Crippen LogP contribution is -2.18. The van der Waals surface area contributed by atoms with Crippen molar-refractivity contribution in [3.63, 3.8) is 0 Å². The zero-order valence-corrected chi connectivity index (χ0v) is 17.5. The Labute approximate surface area is 181 Å². The van der Waals surface area contributed by atoms with Crippen molar-refractivity contribution in [3.05, 3.63) is 82.9 Å². The van der Waals surface area contributed by atoms with Crippen LogP contribution >= 0.6 is 0 Å². The van der Waals surface area contributed by atoms with Gasteiger partial charge in [0.05, 0.1) is 28.3 Å². The van der Waals surface area contributed by atoms with Crippen molar-refractivity contribution in [3.8, 4) is 11.4 Å². The quantitative estimate of drug-likeness (QED) is 0.501. The molecule has 164 valence electrons. The number of hydrogen-bond acceptors (Lipinski definition) is 4. The number of halogens is 3. The summed E-state index contributed by atoms with van der Waals surface area (Å²) >= 11 is 0. The van der Waals surface area contributed by atoms with Crippen LogP contribution in [-0.4, -0.2) is 30.7 Å². The van der Waals surface area contributed by atoms with Gasteiger partial charge in [-0.05, 0) is 56.7 Å². The van der Waals surface area contributed by atoms with E-state index in [-0.39, 0.29) is 17.1 Å². The van der Waals surface area contributed by atoms with E-state index < -0.39 is 17.6 Å². The number of benzene rings is 2. The number of alkyl halides is 3. The number of carbonyl (C=O) groups excluding carboxylic acids is 1. The molecule has 0 atom stereocenters. The van der Waals surface area contributed by atoms with Crippen molar-refractivity contribution in [1.29, 1.82) is 0 Å². The molecule has 0 aliphatic carbocycles. The summed E-state index contributed by atoms with van der Waals surface area (Å²) in [7, 11) is 0. The molecule has 0 saturated heterocycles. The number of nitrogens with one attached hydrogen (secondary N) is 1. The summed E-state index contributed by atoms with van der Waals surface area (Å²) < 4.78 is 42.4. The first-order valence-electron chi connectivity index (χ1n) is 9.67. The average Bonchev–Trinajstić information content (AvgIpc) is 3.37. The average molecular weight is 440 g/mol. The van der Waals surface area contributed by atoms with Gasteiger partial charge in [-0.3, -0.25) is 4.79 Å². The number of aryl methyl sites for hydroxylation is 3. The number of nitrogens with zero attached hydrogens (tertiary/aromatic N) is 5. The molecule has 4 rings (SSSR count). The van der Waals surface area contributed by atoms with Crippen LogP contribution in [-0.2, 0) is 6.18 Å². The summed E-state index contributed by atoms with van der Waals surface area (Å²) in [4.78, 5) is 14.1. The Morgan fingerprint density at radius 3 is 2.47 bits per heavy atom. The lowest BCUT2D eigenvalue weighted by atomic mass is 10.1. The minimum absolute atomic E-state index is 0.0609. The number of rotatable bonds is 4. The third kappa shape index (κ3) is 4.11. The van der Waals surface area contributed by atoms with Crippen molar-refractivity contribution in [2.75, 3.05) is 5.32 Å². The molecule has 0 radical (unpaired) electrons. The zero-order chi connectivity index (χ0) is 23.0. The van der Waals surface area contributed by atoms with Gasteiger partial charge in [0, 0.05) is 12.4 Å². The predicted molar refractivity (Wildman–Crippen MR) is 112 cm³/mol. The lowest BCUT2D eigenvalue weighted by molar-refractivity contribution is -0.136. The minimum Gasteiger partial charge on any atom is -0.320 e. The van der Waals surface area contributed by atoms with Crippen molar-refractivity contribution >= 4 is 11.6 Å². The van der Waals surface area contributed by atoms with Gasteiger partial charge < -0.3 is 5.32 Å². The van der Waals surface area contributed by atoms with Crippen LogP contribution in [0.5, 0.6) is 0 Å². The molecule has 0 spiro atoms. The van der Waals surface area contributed by atoms with Gasteiger partial charge in [-0.25, -0.2) is 4.68 Å². The highest BCUT2D eigenvalue weighted by Gasteiger charge is 2.35. The van der Waals surface area contributed by atoms with E-state index in [0.717, 1.165) is 17.2 Å². The maximum absolute atomic E-state index is 13.7. The first-order chi connectivity index (χ1) is 15.1. The second kappa shape index (κ2) is 7.95. The topological polar surface area (TPSA) is 77.6 Å². The minimum atomic E-state index is -4.68. The summed E-state index contributed by atoms with van der Waals surface area (Å²) in [5.41, 5.74) is 1.73. The molecule has 2 aromatic carbocycles. The van der Waals surface area contributed by atoms with Crippen molar-refractivity contribution in [2.45, 2.75) is 26.9 Å². The molecule has 2 heterocycles.